The van der Waals surface area contributed by atoms with Crippen LogP contribution in [0.1, 0.15) is 0 Å². The highest BCUT2D eigenvalue weighted by molar-refractivity contribution is 7.85. The Morgan fingerprint density at radius 2 is 2.27 bits per heavy atom. The summed E-state index contributed by atoms with van der Waals surface area (Å²) in [6, 6.07) is 0. The fourth-order valence-corrected chi connectivity index (χ4v) is 2.14. The molecule has 4 nitrogen and oxygen atoms in total. The summed E-state index contributed by atoms with van der Waals surface area (Å²) in [5.74, 6) is 0.623. The van der Waals surface area contributed by atoms with Crippen LogP contribution in [0.4, 0.5) is 0 Å². The Morgan fingerprint density at radius 1 is 1.64 bits per heavy atom. The van der Waals surface area contributed by atoms with Gasteiger partial charge in [-0.15, -0.1) is 0 Å². The quantitative estimate of drug-likeness (QED) is 0.544. The molecule has 11 heavy (non-hydrogen) atoms. The van der Waals surface area contributed by atoms with Crippen molar-refractivity contribution in [1.82, 2.24) is 5.32 Å². The van der Waals surface area contributed by atoms with Crippen LogP contribution in [-0.2, 0) is 15.6 Å². The van der Waals surface area contributed by atoms with Crippen LogP contribution in [0.3, 0.4) is 0 Å². The van der Waals surface area contributed by atoms with Gasteiger partial charge in [0.25, 0.3) is 0 Å². The SMILES string of the molecule is NC(=O)CS(=O)CC1CNC1. The third-order valence-corrected chi connectivity index (χ3v) is 3.04. The number of amides is 1. The molecule has 0 aromatic carbocycles. The first-order valence-electron chi connectivity index (χ1n) is 3.52. The molecule has 1 heterocycles. The van der Waals surface area contributed by atoms with E-state index in [1.165, 1.54) is 0 Å². The van der Waals surface area contributed by atoms with Crippen LogP contribution in [0.2, 0.25) is 0 Å². The van der Waals surface area contributed by atoms with Crippen LogP contribution < -0.4 is 11.1 Å². The lowest BCUT2D eigenvalue weighted by Crippen LogP contribution is -2.45. The Morgan fingerprint density at radius 3 is 2.64 bits per heavy atom. The molecule has 1 unspecified atom stereocenters. The first kappa shape index (κ1) is 8.67. The highest BCUT2D eigenvalue weighted by atomic mass is 32.2. The smallest absolute Gasteiger partial charge is 0.230 e. The summed E-state index contributed by atoms with van der Waals surface area (Å²) in [4.78, 5) is 10.3. The minimum atomic E-state index is -1.04. The lowest BCUT2D eigenvalue weighted by molar-refractivity contribution is -0.115. The summed E-state index contributed by atoms with van der Waals surface area (Å²) in [5, 5.41) is 3.07. The van der Waals surface area contributed by atoms with Gasteiger partial charge in [-0.3, -0.25) is 9.00 Å². The molecule has 1 saturated heterocycles. The Kier molecular flexibility index (Phi) is 3.02. The zero-order valence-electron chi connectivity index (χ0n) is 6.21. The zero-order valence-corrected chi connectivity index (χ0v) is 7.02. The Labute approximate surface area is 68.0 Å². The van der Waals surface area contributed by atoms with Gasteiger partial charge in [-0.05, 0) is 5.92 Å². The van der Waals surface area contributed by atoms with E-state index in [2.05, 4.69) is 5.32 Å². The van der Waals surface area contributed by atoms with Crippen molar-refractivity contribution in [3.05, 3.63) is 0 Å². The highest BCUT2D eigenvalue weighted by Gasteiger charge is 2.19. The standard InChI is InChI=1S/C6H12N2O2S/c7-6(9)4-11(10)3-5-1-8-2-5/h5,8H,1-4H2,(H2,7,9). The van der Waals surface area contributed by atoms with Crippen molar-refractivity contribution in [3.63, 3.8) is 0 Å². The predicted octanol–water partition coefficient (Wildman–Crippen LogP) is -1.56. The van der Waals surface area contributed by atoms with E-state index in [0.29, 0.717) is 11.7 Å². The largest absolute Gasteiger partial charge is 0.369 e. The normalized spacial score (nSPS) is 20.7. The van der Waals surface area contributed by atoms with Gasteiger partial charge in [0.05, 0.1) is 0 Å². The molecule has 1 aliphatic rings. The highest BCUT2D eigenvalue weighted by Crippen LogP contribution is 2.04. The molecule has 1 rings (SSSR count). The molecule has 5 heteroatoms. The molecule has 64 valence electrons. The summed E-state index contributed by atoms with van der Waals surface area (Å²) in [6.07, 6.45) is 0. The summed E-state index contributed by atoms with van der Waals surface area (Å²) in [7, 11) is -1.04. The molecular weight excluding hydrogens is 164 g/mol. The van der Waals surface area contributed by atoms with Crippen molar-refractivity contribution in [2.24, 2.45) is 11.7 Å². The lowest BCUT2D eigenvalue weighted by atomic mass is 10.1. The third kappa shape index (κ3) is 2.98. The second kappa shape index (κ2) is 3.82. The number of rotatable bonds is 4. The van der Waals surface area contributed by atoms with Gasteiger partial charge >= 0.3 is 0 Å². The monoisotopic (exact) mass is 176 g/mol. The first-order chi connectivity index (χ1) is 5.18. The van der Waals surface area contributed by atoms with Gasteiger partial charge in [-0.2, -0.15) is 0 Å². The molecule has 0 radical (unpaired) electrons. The van der Waals surface area contributed by atoms with Crippen LogP contribution in [0.25, 0.3) is 0 Å². The van der Waals surface area contributed by atoms with Crippen LogP contribution >= 0.6 is 0 Å². The van der Waals surface area contributed by atoms with Crippen molar-refractivity contribution in [2.45, 2.75) is 0 Å². The van der Waals surface area contributed by atoms with Crippen LogP contribution in [0.5, 0.6) is 0 Å². The molecule has 1 amide bonds. The molecule has 0 saturated carbocycles. The van der Waals surface area contributed by atoms with E-state index < -0.39 is 16.7 Å². The van der Waals surface area contributed by atoms with Crippen LogP contribution in [0, 0.1) is 5.92 Å². The lowest BCUT2D eigenvalue weighted by Gasteiger charge is -2.26. The van der Waals surface area contributed by atoms with Gasteiger partial charge in [0.15, 0.2) is 0 Å². The number of nitrogens with two attached hydrogens (primary N) is 1. The molecular formula is C6H12N2O2S. The number of nitrogens with one attached hydrogen (secondary N) is 1. The fraction of sp³-hybridized carbons (Fsp3) is 0.833. The average molecular weight is 176 g/mol. The predicted molar refractivity (Wildman–Crippen MR) is 43.4 cm³/mol. The number of carbonyl (C=O) groups is 1. The molecule has 0 aliphatic carbocycles. The van der Waals surface area contributed by atoms with Gasteiger partial charge in [-0.1, -0.05) is 0 Å². The van der Waals surface area contributed by atoms with E-state index >= 15 is 0 Å². The van der Waals surface area contributed by atoms with Crippen LogP contribution in [0.15, 0.2) is 0 Å². The Bertz CT molecular complexity index is 179. The van der Waals surface area contributed by atoms with Gasteiger partial charge in [0.2, 0.25) is 5.91 Å². The minimum Gasteiger partial charge on any atom is -0.369 e. The van der Waals surface area contributed by atoms with E-state index in [9.17, 15) is 9.00 Å². The Hall–Kier alpha value is -0.420. The Balaban J connectivity index is 2.14. The number of hydrogen-bond donors (Lipinski definition) is 2. The van der Waals surface area contributed by atoms with E-state index in [1.807, 2.05) is 0 Å². The maximum Gasteiger partial charge on any atom is 0.230 e. The van der Waals surface area contributed by atoms with Crippen molar-refractivity contribution in [1.29, 1.82) is 0 Å². The fourth-order valence-electron chi connectivity index (χ4n) is 0.947. The average Bonchev–Trinajstić information content (AvgIpc) is 1.77. The van der Waals surface area contributed by atoms with Gasteiger partial charge in [0.1, 0.15) is 5.75 Å². The molecule has 0 spiro atoms. The minimum absolute atomic E-state index is 0.0104. The summed E-state index contributed by atoms with van der Waals surface area (Å²) in [6.45, 7) is 1.84. The second-order valence-electron chi connectivity index (χ2n) is 2.74. The second-order valence-corrected chi connectivity index (χ2v) is 4.24. The van der Waals surface area contributed by atoms with Crippen molar-refractivity contribution in [3.8, 4) is 0 Å². The number of hydrogen-bond acceptors (Lipinski definition) is 3. The maximum atomic E-state index is 11.0. The van der Waals surface area contributed by atoms with Gasteiger partial charge in [0, 0.05) is 29.6 Å². The molecule has 1 fully saturated rings. The molecule has 3 N–H and O–H groups in total. The zero-order chi connectivity index (χ0) is 8.27. The van der Waals surface area contributed by atoms with Gasteiger partial charge in [-0.25, -0.2) is 0 Å². The maximum absolute atomic E-state index is 11.0. The van der Waals surface area contributed by atoms with Crippen molar-refractivity contribution < 1.29 is 9.00 Å². The molecule has 0 aromatic heterocycles. The third-order valence-electron chi connectivity index (χ3n) is 1.59. The van der Waals surface area contributed by atoms with Crippen molar-refractivity contribution >= 4 is 16.7 Å². The van der Waals surface area contributed by atoms with Crippen LogP contribution in [-0.4, -0.2) is 34.7 Å². The molecule has 0 aromatic rings. The summed E-state index contributed by atoms with van der Waals surface area (Å²) < 4.78 is 11.0. The molecule has 1 aliphatic heterocycles. The summed E-state index contributed by atoms with van der Waals surface area (Å²) >= 11 is 0. The van der Waals surface area contributed by atoms with Crippen molar-refractivity contribution in [2.75, 3.05) is 24.6 Å². The molecule has 1 atom stereocenters. The van der Waals surface area contributed by atoms with Gasteiger partial charge < -0.3 is 11.1 Å². The van der Waals surface area contributed by atoms with E-state index in [4.69, 9.17) is 5.73 Å². The summed E-state index contributed by atoms with van der Waals surface area (Å²) in [5.41, 5.74) is 4.88. The topological polar surface area (TPSA) is 72.2 Å². The van der Waals surface area contributed by atoms with E-state index in [-0.39, 0.29) is 5.75 Å². The number of carbonyl (C=O) groups excluding carboxylic acids is 1. The molecule has 0 bridgehead atoms. The number of primary amides is 1. The first-order valence-corrected chi connectivity index (χ1v) is 5.01. The van der Waals surface area contributed by atoms with E-state index in [1.54, 1.807) is 0 Å². The van der Waals surface area contributed by atoms with E-state index in [0.717, 1.165) is 13.1 Å².